The van der Waals surface area contributed by atoms with Crippen molar-refractivity contribution in [2.45, 2.75) is 6.92 Å². The molecule has 4 heteroatoms. The van der Waals surface area contributed by atoms with Crippen molar-refractivity contribution in [1.82, 2.24) is 9.97 Å². The first-order valence-corrected chi connectivity index (χ1v) is 5.80. The molecule has 0 saturated carbocycles. The number of fused-ring (bicyclic) bond motifs is 1. The van der Waals surface area contributed by atoms with Crippen LogP contribution in [-0.4, -0.2) is 9.97 Å². The third-order valence-electron chi connectivity index (χ3n) is 2.82. The number of hydrogen-bond donors (Lipinski definition) is 3. The van der Waals surface area contributed by atoms with Crippen LogP contribution in [0, 0.1) is 6.92 Å². The van der Waals surface area contributed by atoms with E-state index in [-0.39, 0.29) is 0 Å². The highest BCUT2D eigenvalue weighted by Gasteiger charge is 2.02. The third kappa shape index (κ3) is 2.00. The molecule has 3 aromatic rings. The fourth-order valence-corrected chi connectivity index (χ4v) is 1.86. The molecule has 2 aromatic carbocycles. The fraction of sp³-hybridized carbons (Fsp3) is 0.0714. The Labute approximate surface area is 105 Å². The molecule has 0 radical (unpaired) electrons. The van der Waals surface area contributed by atoms with Crippen LogP contribution in [0.1, 0.15) is 5.56 Å². The van der Waals surface area contributed by atoms with Gasteiger partial charge in [0.15, 0.2) is 0 Å². The molecule has 3 rings (SSSR count). The number of hydrogen-bond acceptors (Lipinski definition) is 3. The van der Waals surface area contributed by atoms with Gasteiger partial charge in [-0.25, -0.2) is 4.98 Å². The van der Waals surface area contributed by atoms with Crippen LogP contribution in [0.3, 0.4) is 0 Å². The average molecular weight is 238 g/mol. The van der Waals surface area contributed by atoms with Crippen molar-refractivity contribution >= 4 is 28.4 Å². The number of aryl methyl sites for hydroxylation is 1. The topological polar surface area (TPSA) is 66.7 Å². The molecule has 1 heterocycles. The Morgan fingerprint density at radius 3 is 2.67 bits per heavy atom. The zero-order chi connectivity index (χ0) is 12.5. The summed E-state index contributed by atoms with van der Waals surface area (Å²) in [5.74, 6) is 0.722. The molecule has 0 saturated heterocycles. The number of nitrogens with two attached hydrogens (primary N) is 1. The van der Waals surface area contributed by atoms with Gasteiger partial charge in [-0.05, 0) is 37.3 Å². The van der Waals surface area contributed by atoms with Gasteiger partial charge in [0.1, 0.15) is 0 Å². The van der Waals surface area contributed by atoms with Gasteiger partial charge in [0.2, 0.25) is 5.95 Å². The van der Waals surface area contributed by atoms with Crippen molar-refractivity contribution < 1.29 is 0 Å². The Kier molecular flexibility index (Phi) is 2.41. The summed E-state index contributed by atoms with van der Waals surface area (Å²) >= 11 is 0. The number of H-pyrrole nitrogens is 1. The fourth-order valence-electron chi connectivity index (χ4n) is 1.86. The summed E-state index contributed by atoms with van der Waals surface area (Å²) in [7, 11) is 0. The molecule has 0 fully saturated rings. The van der Waals surface area contributed by atoms with Crippen LogP contribution in [0.2, 0.25) is 0 Å². The van der Waals surface area contributed by atoms with Gasteiger partial charge in [0.25, 0.3) is 0 Å². The third-order valence-corrected chi connectivity index (χ3v) is 2.82. The second-order valence-electron chi connectivity index (χ2n) is 4.35. The normalized spacial score (nSPS) is 10.7. The standard InChI is InChI=1S/C14H14N4/c1-9-2-5-11(6-3-9)16-14-17-12-7-4-10(15)8-13(12)18-14/h2-8H,15H2,1H3,(H2,16,17,18). The summed E-state index contributed by atoms with van der Waals surface area (Å²) in [6.45, 7) is 2.06. The summed E-state index contributed by atoms with van der Waals surface area (Å²) < 4.78 is 0. The van der Waals surface area contributed by atoms with E-state index in [4.69, 9.17) is 5.73 Å². The van der Waals surface area contributed by atoms with Crippen molar-refractivity contribution in [2.24, 2.45) is 0 Å². The number of imidazole rings is 1. The maximum atomic E-state index is 5.73. The van der Waals surface area contributed by atoms with Gasteiger partial charge in [-0.3, -0.25) is 0 Å². The van der Waals surface area contributed by atoms with E-state index in [1.54, 1.807) is 0 Å². The molecule has 90 valence electrons. The van der Waals surface area contributed by atoms with E-state index in [0.717, 1.165) is 28.4 Å². The second-order valence-corrected chi connectivity index (χ2v) is 4.35. The van der Waals surface area contributed by atoms with Gasteiger partial charge in [-0.2, -0.15) is 0 Å². The Bertz CT molecular complexity index is 683. The van der Waals surface area contributed by atoms with Crippen molar-refractivity contribution in [2.75, 3.05) is 11.1 Å². The first-order valence-electron chi connectivity index (χ1n) is 5.80. The van der Waals surface area contributed by atoms with E-state index in [1.807, 2.05) is 30.3 Å². The molecule has 0 unspecified atom stereocenters. The van der Waals surface area contributed by atoms with Gasteiger partial charge in [-0.1, -0.05) is 17.7 Å². The number of rotatable bonds is 2. The van der Waals surface area contributed by atoms with Crippen LogP contribution in [0.25, 0.3) is 11.0 Å². The average Bonchev–Trinajstić information content (AvgIpc) is 2.73. The summed E-state index contributed by atoms with van der Waals surface area (Å²) in [5.41, 5.74) is 10.5. The monoisotopic (exact) mass is 238 g/mol. The van der Waals surface area contributed by atoms with Crippen LogP contribution >= 0.6 is 0 Å². The summed E-state index contributed by atoms with van der Waals surface area (Å²) in [6.07, 6.45) is 0. The van der Waals surface area contributed by atoms with Gasteiger partial charge in [0, 0.05) is 11.4 Å². The number of nitrogen functional groups attached to an aromatic ring is 1. The van der Waals surface area contributed by atoms with Crippen LogP contribution in [0.5, 0.6) is 0 Å². The van der Waals surface area contributed by atoms with E-state index < -0.39 is 0 Å². The Hall–Kier alpha value is -2.49. The molecule has 18 heavy (non-hydrogen) atoms. The van der Waals surface area contributed by atoms with Crippen LogP contribution in [-0.2, 0) is 0 Å². The minimum Gasteiger partial charge on any atom is -0.399 e. The SMILES string of the molecule is Cc1ccc(Nc2nc3ccc(N)cc3[nH]2)cc1. The van der Waals surface area contributed by atoms with Crippen molar-refractivity contribution in [3.63, 3.8) is 0 Å². The molecular formula is C14H14N4. The maximum absolute atomic E-state index is 5.73. The second kappa shape index (κ2) is 4.07. The lowest BCUT2D eigenvalue weighted by Gasteiger charge is -2.02. The highest BCUT2D eigenvalue weighted by atomic mass is 15.1. The summed E-state index contributed by atoms with van der Waals surface area (Å²) in [4.78, 5) is 7.65. The molecule has 0 amide bonds. The predicted octanol–water partition coefficient (Wildman–Crippen LogP) is 3.20. The first-order chi connectivity index (χ1) is 8.70. The van der Waals surface area contributed by atoms with E-state index >= 15 is 0 Å². The largest absolute Gasteiger partial charge is 0.399 e. The van der Waals surface area contributed by atoms with E-state index in [0.29, 0.717) is 0 Å². The van der Waals surface area contributed by atoms with Crippen LogP contribution in [0.4, 0.5) is 17.3 Å². The predicted molar refractivity (Wildman–Crippen MR) is 75.0 cm³/mol. The van der Waals surface area contributed by atoms with E-state index in [9.17, 15) is 0 Å². The molecule has 0 spiro atoms. The lowest BCUT2D eigenvalue weighted by atomic mass is 10.2. The highest BCUT2D eigenvalue weighted by molar-refractivity contribution is 5.81. The van der Waals surface area contributed by atoms with E-state index in [2.05, 4.69) is 34.3 Å². The molecule has 4 N–H and O–H groups in total. The van der Waals surface area contributed by atoms with Gasteiger partial charge in [-0.15, -0.1) is 0 Å². The molecule has 0 bridgehead atoms. The van der Waals surface area contributed by atoms with Crippen LogP contribution in [0.15, 0.2) is 42.5 Å². The van der Waals surface area contributed by atoms with Gasteiger partial charge >= 0.3 is 0 Å². The van der Waals surface area contributed by atoms with E-state index in [1.165, 1.54) is 5.56 Å². The van der Waals surface area contributed by atoms with Crippen molar-refractivity contribution in [3.05, 3.63) is 48.0 Å². The molecule has 0 atom stereocenters. The number of aromatic nitrogens is 2. The quantitative estimate of drug-likeness (QED) is 0.600. The molecular weight excluding hydrogens is 224 g/mol. The Balaban J connectivity index is 1.92. The zero-order valence-corrected chi connectivity index (χ0v) is 10.1. The smallest absolute Gasteiger partial charge is 0.205 e. The maximum Gasteiger partial charge on any atom is 0.205 e. The number of nitrogens with one attached hydrogen (secondary N) is 2. The number of aromatic amines is 1. The van der Waals surface area contributed by atoms with Crippen molar-refractivity contribution in [3.8, 4) is 0 Å². The molecule has 0 aliphatic rings. The summed E-state index contributed by atoms with van der Waals surface area (Å²) in [5, 5.41) is 3.23. The van der Waals surface area contributed by atoms with Crippen LogP contribution < -0.4 is 11.1 Å². The molecule has 4 nitrogen and oxygen atoms in total. The number of nitrogens with zero attached hydrogens (tertiary/aromatic N) is 1. The molecule has 0 aliphatic carbocycles. The lowest BCUT2D eigenvalue weighted by Crippen LogP contribution is -1.91. The Morgan fingerprint density at radius 1 is 1.11 bits per heavy atom. The minimum atomic E-state index is 0.722. The number of anilines is 3. The van der Waals surface area contributed by atoms with Gasteiger partial charge < -0.3 is 16.0 Å². The first kappa shape index (κ1) is 10.7. The van der Waals surface area contributed by atoms with Gasteiger partial charge in [0.05, 0.1) is 11.0 Å². The molecule has 1 aromatic heterocycles. The minimum absolute atomic E-state index is 0.722. The lowest BCUT2D eigenvalue weighted by molar-refractivity contribution is 1.31. The zero-order valence-electron chi connectivity index (χ0n) is 10.1. The summed E-state index contributed by atoms with van der Waals surface area (Å²) in [6, 6.07) is 13.8. The van der Waals surface area contributed by atoms with Crippen molar-refractivity contribution in [1.29, 1.82) is 0 Å². The Morgan fingerprint density at radius 2 is 1.89 bits per heavy atom. The highest BCUT2D eigenvalue weighted by Crippen LogP contribution is 2.20. The number of benzene rings is 2. The molecule has 0 aliphatic heterocycles.